The molecule has 0 aliphatic carbocycles. The Morgan fingerprint density at radius 3 is 2.62 bits per heavy atom. The number of amides is 2. The summed E-state index contributed by atoms with van der Waals surface area (Å²) < 4.78 is 0. The lowest BCUT2D eigenvalue weighted by atomic mass is 9.88. The highest BCUT2D eigenvalue weighted by Gasteiger charge is 2.40. The van der Waals surface area contributed by atoms with E-state index in [9.17, 15) is 9.59 Å². The van der Waals surface area contributed by atoms with E-state index in [1.165, 1.54) is 0 Å². The number of nitrogens with one attached hydrogen (secondary N) is 2. The molecular weight excluding hydrogens is 396 g/mol. The Labute approximate surface area is 174 Å². The number of piperidine rings is 1. The average molecular weight is 423 g/mol. The molecule has 1 aromatic rings. The minimum atomic E-state index is -0.566. The van der Waals surface area contributed by atoms with Crippen LogP contribution in [0.3, 0.4) is 0 Å². The summed E-state index contributed by atoms with van der Waals surface area (Å²) in [6.45, 7) is 4.02. The number of unbranched alkanes of at least 4 members (excludes halogenated alkanes) is 2. The summed E-state index contributed by atoms with van der Waals surface area (Å²) in [7, 11) is 0. The zero-order chi connectivity index (χ0) is 21.0. The van der Waals surface area contributed by atoms with E-state index in [1.54, 1.807) is 0 Å². The summed E-state index contributed by atoms with van der Waals surface area (Å²) in [5, 5.41) is 5.87. The van der Waals surface area contributed by atoms with Crippen LogP contribution >= 0.6 is 11.6 Å². The number of hydrogen-bond acceptors (Lipinski definition) is 8. The maximum atomic E-state index is 12.5. The fourth-order valence-electron chi connectivity index (χ4n) is 3.56. The predicted octanol–water partition coefficient (Wildman–Crippen LogP) is 0.925. The summed E-state index contributed by atoms with van der Waals surface area (Å²) >= 11 is 5.83. The van der Waals surface area contributed by atoms with Crippen molar-refractivity contribution in [3.8, 4) is 0 Å². The van der Waals surface area contributed by atoms with Crippen LogP contribution < -0.4 is 22.1 Å². The number of nitrogens with zero attached hydrogens (tertiary/aromatic N) is 4. The molecule has 1 saturated heterocycles. The van der Waals surface area contributed by atoms with E-state index < -0.39 is 5.91 Å². The first-order valence-corrected chi connectivity index (χ1v) is 10.2. The van der Waals surface area contributed by atoms with E-state index in [0.29, 0.717) is 32.0 Å². The number of aliphatic imine (C=N–C) groups is 1. The third-order valence-corrected chi connectivity index (χ3v) is 5.62. The van der Waals surface area contributed by atoms with E-state index in [1.807, 2.05) is 4.90 Å². The van der Waals surface area contributed by atoms with Crippen molar-refractivity contribution in [1.82, 2.24) is 25.5 Å². The third-order valence-electron chi connectivity index (χ3n) is 5.34. The van der Waals surface area contributed by atoms with Crippen molar-refractivity contribution < 1.29 is 9.59 Å². The molecule has 1 spiro atoms. The van der Waals surface area contributed by atoms with Crippen molar-refractivity contribution in [3.63, 3.8) is 0 Å². The van der Waals surface area contributed by atoms with Crippen LogP contribution in [0, 0.1) is 0 Å². The van der Waals surface area contributed by atoms with Gasteiger partial charge in [-0.2, -0.15) is 0 Å². The molecule has 2 aliphatic heterocycles. The smallest absolute Gasteiger partial charge is 0.280 e. The van der Waals surface area contributed by atoms with Crippen molar-refractivity contribution in [1.29, 1.82) is 0 Å². The SMILES string of the molecule is CCCCCC(=O)N1CCC2(CC1)CN=C(NC(=O)c1nc(Cl)c(N)nc1N)N2. The highest BCUT2D eigenvalue weighted by atomic mass is 35.5. The summed E-state index contributed by atoms with van der Waals surface area (Å²) in [6, 6.07) is 0. The van der Waals surface area contributed by atoms with E-state index in [-0.39, 0.29) is 33.9 Å². The monoisotopic (exact) mass is 422 g/mol. The molecule has 1 fully saturated rings. The van der Waals surface area contributed by atoms with Crippen molar-refractivity contribution in [2.45, 2.75) is 51.0 Å². The minimum absolute atomic E-state index is 0.0352. The number of anilines is 2. The van der Waals surface area contributed by atoms with Gasteiger partial charge in [0.1, 0.15) is 0 Å². The van der Waals surface area contributed by atoms with E-state index in [0.717, 1.165) is 32.1 Å². The second-order valence-electron chi connectivity index (χ2n) is 7.50. The third kappa shape index (κ3) is 4.87. The maximum absolute atomic E-state index is 12.5. The molecule has 29 heavy (non-hydrogen) atoms. The molecule has 0 unspecified atom stereocenters. The lowest BCUT2D eigenvalue weighted by Gasteiger charge is -2.39. The van der Waals surface area contributed by atoms with Gasteiger partial charge >= 0.3 is 0 Å². The first-order valence-electron chi connectivity index (χ1n) is 9.84. The number of carbonyl (C=O) groups excluding carboxylic acids is 2. The quantitative estimate of drug-likeness (QED) is 0.515. The van der Waals surface area contributed by atoms with E-state index in [4.69, 9.17) is 23.1 Å². The molecule has 11 heteroatoms. The molecule has 2 aliphatic rings. The van der Waals surface area contributed by atoms with Crippen molar-refractivity contribution >= 4 is 41.0 Å². The molecule has 0 bridgehead atoms. The number of aromatic nitrogens is 2. The Bertz CT molecular complexity index is 820. The van der Waals surface area contributed by atoms with Crippen LogP contribution in [0.2, 0.25) is 5.15 Å². The van der Waals surface area contributed by atoms with Gasteiger partial charge in [-0.15, -0.1) is 0 Å². The number of carbonyl (C=O) groups is 2. The molecule has 0 saturated carbocycles. The molecule has 1 aromatic heterocycles. The Hall–Kier alpha value is -2.62. The molecule has 0 aromatic carbocycles. The Morgan fingerprint density at radius 2 is 1.93 bits per heavy atom. The van der Waals surface area contributed by atoms with Gasteiger partial charge in [-0.1, -0.05) is 31.4 Å². The highest BCUT2D eigenvalue weighted by molar-refractivity contribution is 6.31. The van der Waals surface area contributed by atoms with Gasteiger partial charge in [-0.05, 0) is 19.3 Å². The maximum Gasteiger partial charge on any atom is 0.280 e. The normalized spacial score (nSPS) is 17.7. The summed E-state index contributed by atoms with van der Waals surface area (Å²) in [5.74, 6) is -0.134. The number of guanidine groups is 1. The Balaban J connectivity index is 1.52. The minimum Gasteiger partial charge on any atom is -0.382 e. The van der Waals surface area contributed by atoms with Crippen molar-refractivity contribution in [2.24, 2.45) is 4.99 Å². The highest BCUT2D eigenvalue weighted by Crippen LogP contribution is 2.26. The van der Waals surface area contributed by atoms with Crippen LogP contribution in [0.1, 0.15) is 55.9 Å². The van der Waals surface area contributed by atoms with Gasteiger partial charge in [0.15, 0.2) is 28.4 Å². The van der Waals surface area contributed by atoms with Crippen LogP contribution in [0.4, 0.5) is 11.6 Å². The molecule has 3 heterocycles. The molecular formula is C18H27ClN8O2. The van der Waals surface area contributed by atoms with Gasteiger partial charge < -0.3 is 21.7 Å². The molecule has 10 nitrogen and oxygen atoms in total. The number of hydrogen-bond donors (Lipinski definition) is 4. The van der Waals surface area contributed by atoms with Gasteiger partial charge in [0.25, 0.3) is 5.91 Å². The van der Waals surface area contributed by atoms with Crippen LogP contribution in [0.15, 0.2) is 4.99 Å². The first-order chi connectivity index (χ1) is 13.8. The Morgan fingerprint density at radius 1 is 1.21 bits per heavy atom. The Kier molecular flexibility index (Phi) is 6.41. The van der Waals surface area contributed by atoms with Gasteiger partial charge in [0.2, 0.25) is 5.91 Å². The van der Waals surface area contributed by atoms with Gasteiger partial charge in [0, 0.05) is 19.5 Å². The van der Waals surface area contributed by atoms with Crippen LogP contribution in [-0.2, 0) is 4.79 Å². The molecule has 0 radical (unpaired) electrons. The predicted molar refractivity (Wildman–Crippen MR) is 111 cm³/mol. The summed E-state index contributed by atoms with van der Waals surface area (Å²) in [4.78, 5) is 38.8. The van der Waals surface area contributed by atoms with Crippen LogP contribution in [-0.4, -0.2) is 57.8 Å². The molecule has 158 valence electrons. The summed E-state index contributed by atoms with van der Waals surface area (Å²) in [5.41, 5.74) is 10.9. The van der Waals surface area contributed by atoms with Gasteiger partial charge in [-0.3, -0.25) is 19.9 Å². The molecule has 0 atom stereocenters. The molecule has 3 rings (SSSR count). The van der Waals surface area contributed by atoms with Crippen molar-refractivity contribution in [3.05, 3.63) is 10.8 Å². The van der Waals surface area contributed by atoms with Gasteiger partial charge in [-0.25, -0.2) is 9.97 Å². The number of nitrogen functional groups attached to an aromatic ring is 2. The second-order valence-corrected chi connectivity index (χ2v) is 7.85. The largest absolute Gasteiger partial charge is 0.382 e. The topological polar surface area (TPSA) is 152 Å². The summed E-state index contributed by atoms with van der Waals surface area (Å²) in [6.07, 6.45) is 5.27. The van der Waals surface area contributed by atoms with Crippen LogP contribution in [0.25, 0.3) is 0 Å². The lowest BCUT2D eigenvalue weighted by Crippen LogP contribution is -2.56. The number of nitrogens with two attached hydrogens (primary N) is 2. The number of rotatable bonds is 5. The van der Waals surface area contributed by atoms with Gasteiger partial charge in [0.05, 0.1) is 12.1 Å². The van der Waals surface area contributed by atoms with Crippen LogP contribution in [0.5, 0.6) is 0 Å². The number of likely N-dealkylation sites (tertiary alicyclic amines) is 1. The molecule has 2 amide bonds. The zero-order valence-electron chi connectivity index (χ0n) is 16.5. The van der Waals surface area contributed by atoms with E-state index >= 15 is 0 Å². The first kappa shape index (κ1) is 21.1. The fraction of sp³-hybridized carbons (Fsp3) is 0.611. The fourth-order valence-corrected chi connectivity index (χ4v) is 3.69. The average Bonchev–Trinajstić information content (AvgIpc) is 3.07. The number of halogens is 1. The lowest BCUT2D eigenvalue weighted by molar-refractivity contribution is -0.132. The van der Waals surface area contributed by atoms with Crippen molar-refractivity contribution in [2.75, 3.05) is 31.1 Å². The van der Waals surface area contributed by atoms with E-state index in [2.05, 4.69) is 32.5 Å². The zero-order valence-corrected chi connectivity index (χ0v) is 17.3. The molecule has 6 N–H and O–H groups in total. The second kappa shape index (κ2) is 8.81. The standard InChI is InChI=1S/C18H27ClN8O2/c1-2-3-4-5-11(28)27-8-6-18(7-9-27)10-22-17(26-18)25-16(29)12-14(20)24-15(21)13(19)23-12/h2-10H2,1H3,(H4,20,21,24)(H2,22,25,26,29).